The number of nitriles is 1. The molecular formula is C16H28N2O2. The summed E-state index contributed by atoms with van der Waals surface area (Å²) in [5.74, 6) is -0.346. The molecule has 114 valence electrons. The minimum Gasteiger partial charge on any atom is -0.382 e. The summed E-state index contributed by atoms with van der Waals surface area (Å²) >= 11 is 0. The van der Waals surface area contributed by atoms with E-state index in [4.69, 9.17) is 10.00 Å². The number of nitrogens with one attached hydrogen (secondary N) is 1. The summed E-state index contributed by atoms with van der Waals surface area (Å²) in [5.41, 5.74) is -0.0166. The zero-order valence-electron chi connectivity index (χ0n) is 12.7. The first-order valence-electron chi connectivity index (χ1n) is 7.67. The summed E-state index contributed by atoms with van der Waals surface area (Å²) in [4.78, 5) is 11.2. The van der Waals surface area contributed by atoms with Crippen LogP contribution in [0.1, 0.15) is 58.3 Å². The number of ether oxygens (including phenoxy) is 1. The smallest absolute Gasteiger partial charge is 0.261 e. The molecule has 0 aromatic carbocycles. The topological polar surface area (TPSA) is 62.1 Å². The van der Waals surface area contributed by atoms with Crippen LogP contribution in [0.4, 0.5) is 0 Å². The van der Waals surface area contributed by atoms with Gasteiger partial charge in [-0.1, -0.05) is 45.1 Å². The Morgan fingerprint density at radius 1 is 1.10 bits per heavy atom. The van der Waals surface area contributed by atoms with Crippen molar-refractivity contribution in [3.63, 3.8) is 0 Å². The van der Waals surface area contributed by atoms with E-state index < -0.39 is 0 Å². The Kier molecular flexibility index (Phi) is 13.1. The van der Waals surface area contributed by atoms with Gasteiger partial charge in [-0.25, -0.2) is 0 Å². The molecule has 0 saturated carbocycles. The lowest BCUT2D eigenvalue weighted by Crippen LogP contribution is -2.25. The molecule has 0 aromatic rings. The van der Waals surface area contributed by atoms with E-state index in [-0.39, 0.29) is 11.5 Å². The molecule has 0 radical (unpaired) electrons. The van der Waals surface area contributed by atoms with Crippen molar-refractivity contribution in [3.05, 3.63) is 12.2 Å². The molecule has 0 rings (SSSR count). The Morgan fingerprint density at radius 3 is 2.20 bits per heavy atom. The van der Waals surface area contributed by atoms with Crippen LogP contribution >= 0.6 is 0 Å². The van der Waals surface area contributed by atoms with Gasteiger partial charge >= 0.3 is 0 Å². The summed E-state index contributed by atoms with van der Waals surface area (Å²) in [6, 6.07) is 1.74. The minimum absolute atomic E-state index is 0.0166. The second kappa shape index (κ2) is 14.1. The molecule has 4 nitrogen and oxygen atoms in total. The number of unbranched alkanes of at least 4 members (excludes halogenated alkanes) is 7. The van der Waals surface area contributed by atoms with E-state index in [1.165, 1.54) is 38.5 Å². The zero-order valence-corrected chi connectivity index (χ0v) is 12.7. The largest absolute Gasteiger partial charge is 0.382 e. The molecule has 0 aliphatic heterocycles. The van der Waals surface area contributed by atoms with Crippen LogP contribution in [0.5, 0.6) is 0 Å². The van der Waals surface area contributed by atoms with Crippen molar-refractivity contribution in [2.24, 2.45) is 0 Å². The number of rotatable bonds is 13. The van der Waals surface area contributed by atoms with Crippen molar-refractivity contribution in [1.82, 2.24) is 5.32 Å². The van der Waals surface area contributed by atoms with Crippen molar-refractivity contribution in [1.29, 1.82) is 5.26 Å². The number of carbonyl (C=O) groups excluding carboxylic acids is 1. The average Bonchev–Trinajstić information content (AvgIpc) is 2.47. The molecule has 4 heteroatoms. The molecule has 0 unspecified atom stereocenters. The van der Waals surface area contributed by atoms with E-state index in [1.807, 2.05) is 6.92 Å². The van der Waals surface area contributed by atoms with E-state index in [9.17, 15) is 4.79 Å². The first kappa shape index (κ1) is 18.7. The molecule has 0 atom stereocenters. The van der Waals surface area contributed by atoms with Gasteiger partial charge in [-0.2, -0.15) is 5.26 Å². The zero-order chi connectivity index (χ0) is 15.1. The average molecular weight is 280 g/mol. The first-order chi connectivity index (χ1) is 9.72. The molecule has 0 fully saturated rings. The van der Waals surface area contributed by atoms with E-state index in [0.29, 0.717) is 6.54 Å². The highest BCUT2D eigenvalue weighted by Gasteiger charge is 2.03. The lowest BCUT2D eigenvalue weighted by atomic mass is 10.1. The van der Waals surface area contributed by atoms with Gasteiger partial charge in [-0.15, -0.1) is 0 Å². The van der Waals surface area contributed by atoms with Crippen LogP contribution in [0.15, 0.2) is 12.2 Å². The van der Waals surface area contributed by atoms with Crippen LogP contribution in [-0.2, 0) is 9.53 Å². The maximum absolute atomic E-state index is 11.2. The number of hydrogen-bond acceptors (Lipinski definition) is 3. The Bertz CT molecular complexity index is 308. The fourth-order valence-corrected chi connectivity index (χ4v) is 1.89. The first-order valence-corrected chi connectivity index (χ1v) is 7.67. The Hall–Kier alpha value is -1.34. The van der Waals surface area contributed by atoms with Crippen LogP contribution in [0.25, 0.3) is 0 Å². The van der Waals surface area contributed by atoms with Crippen LogP contribution in [-0.4, -0.2) is 25.7 Å². The predicted molar refractivity (Wildman–Crippen MR) is 81.2 cm³/mol. The second-order valence-corrected chi connectivity index (χ2v) is 4.87. The number of nitrogens with zero attached hydrogens (tertiary/aromatic N) is 1. The van der Waals surface area contributed by atoms with Gasteiger partial charge in [0.1, 0.15) is 11.6 Å². The van der Waals surface area contributed by atoms with Crippen molar-refractivity contribution >= 4 is 5.91 Å². The SMILES string of the molecule is C=C(C#N)C(=O)NCCCCCCCCCCOCC. The minimum atomic E-state index is -0.346. The third-order valence-corrected chi connectivity index (χ3v) is 3.11. The van der Waals surface area contributed by atoms with Crippen molar-refractivity contribution in [2.45, 2.75) is 58.3 Å². The molecular weight excluding hydrogens is 252 g/mol. The Balaban J connectivity index is 3.16. The lowest BCUT2D eigenvalue weighted by Gasteiger charge is -2.04. The molecule has 0 heterocycles. The highest BCUT2D eigenvalue weighted by Crippen LogP contribution is 2.08. The van der Waals surface area contributed by atoms with Gasteiger partial charge in [-0.3, -0.25) is 4.79 Å². The molecule has 20 heavy (non-hydrogen) atoms. The summed E-state index contributed by atoms with van der Waals surface area (Å²) < 4.78 is 5.29. The third kappa shape index (κ3) is 11.7. The highest BCUT2D eigenvalue weighted by atomic mass is 16.5. The van der Waals surface area contributed by atoms with Gasteiger partial charge in [0.05, 0.1) is 0 Å². The molecule has 1 N–H and O–H groups in total. The Labute approximate surface area is 123 Å². The number of amides is 1. The summed E-state index contributed by atoms with van der Waals surface area (Å²) in [7, 11) is 0. The molecule has 0 aliphatic rings. The quantitative estimate of drug-likeness (QED) is 0.320. The maximum Gasteiger partial charge on any atom is 0.261 e. The van der Waals surface area contributed by atoms with E-state index in [2.05, 4.69) is 11.9 Å². The molecule has 0 bridgehead atoms. The molecule has 0 aromatic heterocycles. The van der Waals surface area contributed by atoms with Gasteiger partial charge in [0.2, 0.25) is 0 Å². The molecule has 1 amide bonds. The normalized spacial score (nSPS) is 10.0. The van der Waals surface area contributed by atoms with Gasteiger partial charge in [-0.05, 0) is 19.8 Å². The van der Waals surface area contributed by atoms with Gasteiger partial charge in [0, 0.05) is 19.8 Å². The van der Waals surface area contributed by atoms with E-state index >= 15 is 0 Å². The number of hydrogen-bond donors (Lipinski definition) is 1. The monoisotopic (exact) mass is 280 g/mol. The fourth-order valence-electron chi connectivity index (χ4n) is 1.89. The van der Waals surface area contributed by atoms with Crippen LogP contribution in [0, 0.1) is 11.3 Å². The summed E-state index contributed by atoms with van der Waals surface area (Å²) in [6.45, 7) is 7.74. The standard InChI is InChI=1S/C16H28N2O2/c1-3-20-13-11-9-7-5-4-6-8-10-12-18-16(19)15(2)14-17/h2-13H2,1H3,(H,18,19). The second-order valence-electron chi connectivity index (χ2n) is 4.87. The fraction of sp³-hybridized carbons (Fsp3) is 0.750. The number of carbonyl (C=O) groups is 1. The van der Waals surface area contributed by atoms with Crippen LogP contribution in [0.2, 0.25) is 0 Å². The van der Waals surface area contributed by atoms with Crippen LogP contribution in [0.3, 0.4) is 0 Å². The van der Waals surface area contributed by atoms with Gasteiger partial charge in [0.25, 0.3) is 5.91 Å². The highest BCUT2D eigenvalue weighted by molar-refractivity contribution is 5.96. The molecule has 0 spiro atoms. The predicted octanol–water partition coefficient (Wildman–Crippen LogP) is 3.34. The van der Waals surface area contributed by atoms with E-state index in [0.717, 1.165) is 26.1 Å². The van der Waals surface area contributed by atoms with Crippen molar-refractivity contribution < 1.29 is 9.53 Å². The Morgan fingerprint density at radius 2 is 1.65 bits per heavy atom. The summed E-state index contributed by atoms with van der Waals surface area (Å²) in [5, 5.41) is 11.2. The van der Waals surface area contributed by atoms with Gasteiger partial charge in [0.15, 0.2) is 0 Å². The summed E-state index contributed by atoms with van der Waals surface area (Å²) in [6.07, 6.45) is 9.55. The lowest BCUT2D eigenvalue weighted by molar-refractivity contribution is -0.117. The van der Waals surface area contributed by atoms with E-state index in [1.54, 1.807) is 6.07 Å². The maximum atomic E-state index is 11.2. The van der Waals surface area contributed by atoms with Crippen molar-refractivity contribution in [2.75, 3.05) is 19.8 Å². The molecule has 0 saturated heterocycles. The van der Waals surface area contributed by atoms with Crippen LogP contribution < -0.4 is 5.32 Å². The molecule has 0 aliphatic carbocycles. The van der Waals surface area contributed by atoms with Gasteiger partial charge < -0.3 is 10.1 Å². The third-order valence-electron chi connectivity index (χ3n) is 3.11. The van der Waals surface area contributed by atoms with Crippen molar-refractivity contribution in [3.8, 4) is 6.07 Å².